The lowest BCUT2D eigenvalue weighted by atomic mass is 9.71. The molecule has 2 aromatic heterocycles. The van der Waals surface area contributed by atoms with Gasteiger partial charge >= 0.3 is 0 Å². The molecule has 0 saturated carbocycles. The minimum Gasteiger partial charge on any atom is -0.495 e. The van der Waals surface area contributed by atoms with Gasteiger partial charge in [0.2, 0.25) is 11.8 Å². The molecule has 4 fully saturated rings. The zero-order chi connectivity index (χ0) is 45.5. The molecule has 0 radical (unpaired) electrons. The Balaban J connectivity index is 0.724. The van der Waals surface area contributed by atoms with Gasteiger partial charge in [-0.1, -0.05) is 5.16 Å². The fourth-order valence-corrected chi connectivity index (χ4v) is 11.5. The maximum atomic E-state index is 13.4. The highest BCUT2D eigenvalue weighted by atomic mass is 32.2. The fourth-order valence-electron chi connectivity index (χ4n) is 10.6. The van der Waals surface area contributed by atoms with Crippen molar-refractivity contribution in [2.45, 2.75) is 62.4 Å². The summed E-state index contributed by atoms with van der Waals surface area (Å²) in [4.78, 5) is 59.1. The summed E-state index contributed by atoms with van der Waals surface area (Å²) in [7, 11) is 4.92. The van der Waals surface area contributed by atoms with Crippen molar-refractivity contribution in [2.24, 2.45) is 11.3 Å². The molecule has 346 valence electrons. The number of anilines is 3. The molecule has 66 heavy (non-hydrogen) atoms. The third kappa shape index (κ3) is 8.29. The number of nitrogens with one attached hydrogen (secondary N) is 2. The van der Waals surface area contributed by atoms with Gasteiger partial charge in [-0.15, -0.1) is 0 Å². The van der Waals surface area contributed by atoms with E-state index in [1.807, 2.05) is 35.1 Å². The van der Waals surface area contributed by atoms with Gasteiger partial charge in [0.25, 0.3) is 5.91 Å². The Morgan fingerprint density at radius 3 is 2.58 bits per heavy atom. The van der Waals surface area contributed by atoms with E-state index in [4.69, 9.17) is 18.7 Å². The van der Waals surface area contributed by atoms with Crippen molar-refractivity contribution in [1.82, 2.24) is 30.1 Å². The van der Waals surface area contributed by atoms with E-state index in [0.717, 1.165) is 122 Å². The molecular weight excluding hydrogens is 863 g/mol. The third-order valence-electron chi connectivity index (χ3n) is 14.3. The maximum Gasteiger partial charge on any atom is 0.255 e. The first-order valence-electron chi connectivity index (χ1n) is 22.8. The normalized spacial score (nSPS) is 19.6. The number of aromatic nitrogens is 3. The lowest BCUT2D eigenvalue weighted by Gasteiger charge is -2.55. The zero-order valence-electron chi connectivity index (χ0n) is 37.5. The summed E-state index contributed by atoms with van der Waals surface area (Å²) in [6.45, 7) is 8.15. The zero-order valence-corrected chi connectivity index (χ0v) is 38.4. The van der Waals surface area contributed by atoms with Crippen LogP contribution in [0.3, 0.4) is 0 Å². The van der Waals surface area contributed by atoms with Crippen molar-refractivity contribution in [2.75, 3.05) is 88.2 Å². The molecule has 0 aliphatic carbocycles. The molecule has 0 bridgehead atoms. The number of fused-ring (bicyclic) bond motifs is 3. The summed E-state index contributed by atoms with van der Waals surface area (Å²) in [6.07, 6.45) is 10.1. The first kappa shape index (κ1) is 43.6. The lowest BCUT2D eigenvalue weighted by molar-refractivity contribution is -0.136. The van der Waals surface area contributed by atoms with Crippen LogP contribution in [0.2, 0.25) is 0 Å². The Bertz CT molecular complexity index is 2650. The monoisotopic (exact) mass is 917 g/mol. The summed E-state index contributed by atoms with van der Waals surface area (Å²) in [6, 6.07) is 12.7. The van der Waals surface area contributed by atoms with Crippen LogP contribution in [0.4, 0.5) is 17.2 Å². The predicted molar refractivity (Wildman–Crippen MR) is 249 cm³/mol. The Labute approximate surface area is 387 Å². The number of methoxy groups -OCH3 is 2. The van der Waals surface area contributed by atoms with Gasteiger partial charge in [0.05, 0.1) is 38.6 Å². The van der Waals surface area contributed by atoms with Crippen LogP contribution in [0, 0.1) is 11.3 Å². The van der Waals surface area contributed by atoms with Gasteiger partial charge in [0, 0.05) is 87.2 Å². The minimum absolute atomic E-state index is 0.169. The Morgan fingerprint density at radius 1 is 1.03 bits per heavy atom. The van der Waals surface area contributed by atoms with Crippen LogP contribution in [0.5, 0.6) is 17.2 Å². The van der Waals surface area contributed by atoms with E-state index in [0.29, 0.717) is 48.1 Å². The van der Waals surface area contributed by atoms with E-state index in [2.05, 4.69) is 41.1 Å². The third-order valence-corrected chi connectivity index (χ3v) is 15.2. The lowest BCUT2D eigenvalue weighted by Crippen LogP contribution is -2.60. The number of likely N-dealkylation sites (tertiary alicyclic amines) is 1. The van der Waals surface area contributed by atoms with Gasteiger partial charge in [-0.25, -0.2) is 0 Å². The van der Waals surface area contributed by atoms with Crippen LogP contribution in [0.1, 0.15) is 70.4 Å². The van der Waals surface area contributed by atoms with E-state index in [1.165, 1.54) is 23.9 Å². The van der Waals surface area contributed by atoms with E-state index in [-0.39, 0.29) is 29.7 Å². The molecular formula is C48H55N9O8S. The number of benzene rings is 3. The van der Waals surface area contributed by atoms with Crippen LogP contribution >= 0.6 is 11.9 Å². The van der Waals surface area contributed by atoms with E-state index < -0.39 is 17.9 Å². The number of hydrogen-bond acceptors (Lipinski definition) is 15. The molecule has 2 N–H and O–H groups in total. The van der Waals surface area contributed by atoms with Crippen molar-refractivity contribution >= 4 is 64.1 Å². The summed E-state index contributed by atoms with van der Waals surface area (Å²) in [5, 5.41) is 11.9. The number of piperidine rings is 3. The van der Waals surface area contributed by atoms with Crippen molar-refractivity contribution in [3.8, 4) is 17.2 Å². The molecule has 1 atom stereocenters. The van der Waals surface area contributed by atoms with Crippen molar-refractivity contribution < 1.29 is 37.9 Å². The van der Waals surface area contributed by atoms with Crippen LogP contribution in [-0.2, 0) is 22.6 Å². The Morgan fingerprint density at radius 2 is 1.85 bits per heavy atom. The second kappa shape index (κ2) is 18.2. The smallest absolute Gasteiger partial charge is 0.255 e. The van der Waals surface area contributed by atoms with Gasteiger partial charge in [-0.05, 0) is 111 Å². The van der Waals surface area contributed by atoms with Gasteiger partial charge in [-0.2, -0.15) is 5.10 Å². The average Bonchev–Trinajstić information content (AvgIpc) is 4.12. The number of amides is 3. The molecule has 3 amide bonds. The van der Waals surface area contributed by atoms with Crippen LogP contribution in [-0.4, -0.2) is 128 Å². The minimum atomic E-state index is -0.756. The van der Waals surface area contributed by atoms with Crippen molar-refractivity contribution in [1.29, 1.82) is 0 Å². The standard InChI is InChI=1S/C48H55N9O8S/c1-53(37-8-10-40(59)50-46(37)60)47(61)35-6-5-33(23-32(35)27-58)55-18-11-30(12-19-55)25-54-20-14-48(15-21-54)28-56(29-48)36-7-9-38(62-2)44(43(36)63-3)66-52-45-41-39(65-51-45)24-31(26-57-17-4-16-49-57)34-13-22-64-42(34)41/h4-7,9,16-17,23-24,27,30,37H,8,10-15,18-22,25-26,28-29H2,1-3H3,(H,51,52)(H,50,59,60). The van der Waals surface area contributed by atoms with Crippen molar-refractivity contribution in [3.63, 3.8) is 0 Å². The molecule has 17 nitrogen and oxygen atoms in total. The first-order valence-corrected chi connectivity index (χ1v) is 23.6. The number of likely N-dealkylation sites (N-methyl/N-ethyl adjacent to an activating group) is 1. The topological polar surface area (TPSA) is 177 Å². The molecule has 18 heteroatoms. The van der Waals surface area contributed by atoms with Crippen molar-refractivity contribution in [3.05, 3.63) is 77.1 Å². The molecule has 5 aliphatic rings. The average molecular weight is 918 g/mol. The van der Waals surface area contributed by atoms with E-state index in [9.17, 15) is 19.2 Å². The molecule has 4 saturated heterocycles. The molecule has 10 rings (SSSR count). The highest BCUT2D eigenvalue weighted by molar-refractivity contribution is 8.00. The van der Waals surface area contributed by atoms with Crippen LogP contribution in [0.25, 0.3) is 11.0 Å². The largest absolute Gasteiger partial charge is 0.495 e. The first-order chi connectivity index (χ1) is 32.1. The number of carbonyl (C=O) groups excluding carboxylic acids is 4. The molecule has 5 aromatic rings. The van der Waals surface area contributed by atoms with E-state index >= 15 is 0 Å². The number of aldehydes is 1. The molecule has 7 heterocycles. The summed E-state index contributed by atoms with van der Waals surface area (Å²) >= 11 is 1.39. The van der Waals surface area contributed by atoms with Crippen LogP contribution < -0.4 is 34.0 Å². The number of hydrogen-bond donors (Lipinski definition) is 2. The molecule has 5 aliphatic heterocycles. The SMILES string of the molecule is COc1ccc(N2CC3(CCN(CC4CCN(c5ccc(C(=O)N(C)C6CCC(=O)NC6=O)c(C=O)c5)CC4)CC3)C2)c(OC)c1SNc1noc2cc(Cn3cccn3)c3c(c12)OCC3. The second-order valence-corrected chi connectivity index (χ2v) is 19.1. The predicted octanol–water partition coefficient (Wildman–Crippen LogP) is 5.65. The highest BCUT2D eigenvalue weighted by Crippen LogP contribution is 2.51. The summed E-state index contributed by atoms with van der Waals surface area (Å²) in [5.74, 6) is 2.18. The second-order valence-electron chi connectivity index (χ2n) is 18.3. The molecule has 1 spiro atoms. The van der Waals surface area contributed by atoms with Gasteiger partial charge in [-0.3, -0.25) is 29.2 Å². The molecule has 3 aromatic carbocycles. The Hall–Kier alpha value is -6.27. The fraction of sp³-hybridized carbons (Fsp3) is 0.458. The van der Waals surface area contributed by atoms with Crippen LogP contribution in [0.15, 0.2) is 64.3 Å². The molecule has 1 unspecified atom stereocenters. The number of imide groups is 1. The number of ether oxygens (including phenoxy) is 3. The summed E-state index contributed by atoms with van der Waals surface area (Å²) in [5.41, 5.74) is 5.68. The summed E-state index contributed by atoms with van der Waals surface area (Å²) < 4.78 is 29.3. The van der Waals surface area contributed by atoms with Gasteiger partial charge < -0.3 is 43.1 Å². The number of carbonyl (C=O) groups is 4. The quantitative estimate of drug-likeness (QED) is 0.0793. The Kier molecular flexibility index (Phi) is 12.0. The van der Waals surface area contributed by atoms with Gasteiger partial charge in [0.1, 0.15) is 27.8 Å². The number of nitrogens with zero attached hydrogens (tertiary/aromatic N) is 7. The maximum absolute atomic E-state index is 13.4. The van der Waals surface area contributed by atoms with E-state index in [1.54, 1.807) is 32.5 Å². The number of rotatable bonds is 14. The van der Waals surface area contributed by atoms with Gasteiger partial charge in [0.15, 0.2) is 23.4 Å². The highest BCUT2D eigenvalue weighted by Gasteiger charge is 2.46.